The van der Waals surface area contributed by atoms with E-state index in [9.17, 15) is 24.5 Å². The molecule has 0 fully saturated rings. The third kappa shape index (κ3) is 8.53. The highest BCUT2D eigenvalue weighted by Gasteiger charge is 2.23. The molecule has 0 aliphatic rings. The van der Waals surface area contributed by atoms with E-state index in [1.54, 1.807) is 60.7 Å². The van der Waals surface area contributed by atoms with Crippen LogP contribution in [-0.2, 0) is 9.59 Å². The van der Waals surface area contributed by atoms with E-state index in [1.165, 1.54) is 47.4 Å². The average molecular weight is 635 g/mol. The van der Waals surface area contributed by atoms with Crippen molar-refractivity contribution in [2.24, 2.45) is 0 Å². The number of thiophene rings is 1. The summed E-state index contributed by atoms with van der Waals surface area (Å²) < 4.78 is 0. The molecule has 3 amide bonds. The smallest absolute Gasteiger partial charge is 0.272 e. The molecule has 9 nitrogen and oxygen atoms in total. The Labute approximate surface area is 267 Å². The number of rotatable bonds is 11. The summed E-state index contributed by atoms with van der Waals surface area (Å²) in [5.41, 5.74) is 2.17. The molecule has 0 aliphatic heterocycles. The molecule has 5 aromatic rings. The lowest BCUT2D eigenvalue weighted by atomic mass is 10.1. The second kappa shape index (κ2) is 14.8. The van der Waals surface area contributed by atoms with Crippen LogP contribution in [0.1, 0.15) is 26.0 Å². The van der Waals surface area contributed by atoms with Crippen molar-refractivity contribution in [3.63, 3.8) is 0 Å². The fraction of sp³-hybridized carbons (Fsp3) is 0.0294. The summed E-state index contributed by atoms with van der Waals surface area (Å²) in [6.45, 7) is 0. The molecule has 1 unspecified atom stereocenters. The summed E-state index contributed by atoms with van der Waals surface area (Å²) in [5, 5.41) is 20.6. The number of carbonyl (C=O) groups is 3. The summed E-state index contributed by atoms with van der Waals surface area (Å²) in [6, 6.07) is 34.3. The molecule has 1 aromatic heterocycles. The van der Waals surface area contributed by atoms with Crippen LogP contribution in [-0.4, -0.2) is 22.6 Å². The van der Waals surface area contributed by atoms with Crippen molar-refractivity contribution in [1.82, 2.24) is 5.32 Å². The van der Waals surface area contributed by atoms with Gasteiger partial charge in [-0.2, -0.15) is 0 Å². The van der Waals surface area contributed by atoms with Crippen molar-refractivity contribution in [1.29, 1.82) is 0 Å². The van der Waals surface area contributed by atoms with Crippen molar-refractivity contribution < 1.29 is 19.3 Å². The van der Waals surface area contributed by atoms with E-state index in [4.69, 9.17) is 0 Å². The number of carbonyl (C=O) groups excluding carboxylic acids is 3. The summed E-state index contributed by atoms with van der Waals surface area (Å²) in [6.07, 6.45) is 1.62. The Morgan fingerprint density at radius 3 is 2.00 bits per heavy atom. The fourth-order valence-electron chi connectivity index (χ4n) is 4.18. The van der Waals surface area contributed by atoms with Crippen LogP contribution in [0.5, 0.6) is 0 Å². The van der Waals surface area contributed by atoms with E-state index < -0.39 is 22.0 Å². The van der Waals surface area contributed by atoms with Gasteiger partial charge in [0.1, 0.15) is 10.9 Å². The number of anilines is 2. The molecular formula is C34H26N4O5S2. The molecule has 0 spiro atoms. The van der Waals surface area contributed by atoms with Gasteiger partial charge in [0.2, 0.25) is 5.91 Å². The third-order valence-electron chi connectivity index (χ3n) is 6.41. The highest BCUT2D eigenvalue weighted by atomic mass is 32.2. The zero-order chi connectivity index (χ0) is 31.6. The molecule has 0 bridgehead atoms. The van der Waals surface area contributed by atoms with Crippen LogP contribution in [0.4, 0.5) is 17.1 Å². The Hall–Kier alpha value is -5.52. The molecule has 0 saturated carbocycles. The number of nitrogens with one attached hydrogen (secondary N) is 3. The van der Waals surface area contributed by atoms with Crippen molar-refractivity contribution in [3.05, 3.63) is 159 Å². The first-order valence-electron chi connectivity index (χ1n) is 13.7. The van der Waals surface area contributed by atoms with E-state index in [2.05, 4.69) is 16.0 Å². The van der Waals surface area contributed by atoms with Crippen LogP contribution in [0.15, 0.2) is 137 Å². The second-order valence-electron chi connectivity index (χ2n) is 9.57. The second-order valence-corrected chi connectivity index (χ2v) is 11.7. The Balaban J connectivity index is 1.29. The van der Waals surface area contributed by atoms with Gasteiger partial charge in [0.25, 0.3) is 17.5 Å². The Bertz CT molecular complexity index is 1810. The summed E-state index contributed by atoms with van der Waals surface area (Å²) >= 11 is 2.76. The molecule has 1 atom stereocenters. The molecule has 3 N–H and O–H groups in total. The maximum absolute atomic E-state index is 13.4. The fourth-order valence-corrected chi connectivity index (χ4v) is 5.87. The predicted molar refractivity (Wildman–Crippen MR) is 178 cm³/mol. The predicted octanol–water partition coefficient (Wildman–Crippen LogP) is 7.54. The van der Waals surface area contributed by atoms with Crippen LogP contribution < -0.4 is 16.0 Å². The minimum absolute atomic E-state index is 0.0677. The highest BCUT2D eigenvalue weighted by molar-refractivity contribution is 8.00. The molecule has 4 aromatic carbocycles. The highest BCUT2D eigenvalue weighted by Crippen LogP contribution is 2.37. The number of thioether (sulfide) groups is 1. The molecular weight excluding hydrogens is 609 g/mol. The number of non-ortho nitro benzene ring substituents is 1. The van der Waals surface area contributed by atoms with E-state index in [0.29, 0.717) is 16.9 Å². The van der Waals surface area contributed by atoms with Gasteiger partial charge in [0.05, 0.1) is 4.92 Å². The van der Waals surface area contributed by atoms with Gasteiger partial charge in [0, 0.05) is 38.8 Å². The van der Waals surface area contributed by atoms with Gasteiger partial charge in [-0.1, -0.05) is 54.6 Å². The number of amides is 3. The van der Waals surface area contributed by atoms with E-state index >= 15 is 0 Å². The van der Waals surface area contributed by atoms with Crippen LogP contribution in [0.3, 0.4) is 0 Å². The van der Waals surface area contributed by atoms with Gasteiger partial charge < -0.3 is 16.0 Å². The first-order chi connectivity index (χ1) is 21.9. The molecule has 0 saturated heterocycles. The molecule has 5 rings (SSSR count). The van der Waals surface area contributed by atoms with E-state index in [-0.39, 0.29) is 17.3 Å². The first-order valence-corrected chi connectivity index (χ1v) is 15.4. The monoisotopic (exact) mass is 634 g/mol. The normalized spacial score (nSPS) is 11.7. The van der Waals surface area contributed by atoms with Gasteiger partial charge in [-0.3, -0.25) is 24.5 Å². The van der Waals surface area contributed by atoms with Crippen LogP contribution >= 0.6 is 23.1 Å². The average Bonchev–Trinajstić information content (AvgIpc) is 3.58. The lowest BCUT2D eigenvalue weighted by Gasteiger charge is -2.17. The number of nitrogens with zero attached hydrogens (tertiary/aromatic N) is 1. The number of nitro benzene ring substituents is 1. The Kier molecular flexibility index (Phi) is 10.2. The molecule has 45 heavy (non-hydrogen) atoms. The zero-order valence-electron chi connectivity index (χ0n) is 23.6. The van der Waals surface area contributed by atoms with Crippen molar-refractivity contribution in [2.45, 2.75) is 10.1 Å². The molecule has 11 heteroatoms. The van der Waals surface area contributed by atoms with Gasteiger partial charge in [0.15, 0.2) is 0 Å². The third-order valence-corrected chi connectivity index (χ3v) is 8.50. The van der Waals surface area contributed by atoms with Crippen molar-refractivity contribution in [3.8, 4) is 0 Å². The van der Waals surface area contributed by atoms with Gasteiger partial charge >= 0.3 is 0 Å². The lowest BCUT2D eigenvalue weighted by Crippen LogP contribution is -2.30. The number of hydrogen-bond donors (Lipinski definition) is 3. The van der Waals surface area contributed by atoms with Crippen molar-refractivity contribution >= 4 is 64.0 Å². The summed E-state index contributed by atoms with van der Waals surface area (Å²) in [7, 11) is 0. The lowest BCUT2D eigenvalue weighted by molar-refractivity contribution is -0.384. The van der Waals surface area contributed by atoms with E-state index in [1.807, 2.05) is 47.8 Å². The maximum Gasteiger partial charge on any atom is 0.272 e. The van der Waals surface area contributed by atoms with Gasteiger partial charge in [-0.25, -0.2) is 0 Å². The zero-order valence-corrected chi connectivity index (χ0v) is 25.2. The Morgan fingerprint density at radius 2 is 1.38 bits per heavy atom. The Morgan fingerprint density at radius 1 is 0.756 bits per heavy atom. The van der Waals surface area contributed by atoms with Gasteiger partial charge in [-0.05, 0) is 71.6 Å². The maximum atomic E-state index is 13.4. The summed E-state index contributed by atoms with van der Waals surface area (Å²) in [5.74, 6) is -1.19. The SMILES string of the molecule is O=C(Nc1ccc(SC(C(=O)Nc2ccc([N+](=O)[O-])cc2)c2ccccc2)cc1)/C(=C/c1cccs1)NC(=O)c1ccccc1. The first kappa shape index (κ1) is 30.9. The molecule has 0 radical (unpaired) electrons. The molecule has 1 heterocycles. The van der Waals surface area contributed by atoms with E-state index in [0.717, 1.165) is 15.3 Å². The van der Waals surface area contributed by atoms with Crippen molar-refractivity contribution in [2.75, 3.05) is 10.6 Å². The van der Waals surface area contributed by atoms with Crippen LogP contribution in [0, 0.1) is 10.1 Å². The largest absolute Gasteiger partial charge is 0.325 e. The quantitative estimate of drug-likeness (QED) is 0.0596. The molecule has 224 valence electrons. The minimum Gasteiger partial charge on any atom is -0.325 e. The number of nitro groups is 1. The standard InChI is InChI=1S/C34H26N4O5S2/c39-32(24-10-5-2-6-11-24)37-30(22-29-12-7-21-44-29)33(40)35-26-15-19-28(20-16-26)45-31(23-8-3-1-4-9-23)34(41)36-25-13-17-27(18-14-25)38(42)43/h1-22,31H,(H,35,40)(H,36,41)(H,37,39)/b30-22-. The minimum atomic E-state index is -0.629. The van der Waals surface area contributed by atoms with Gasteiger partial charge in [-0.15, -0.1) is 23.1 Å². The number of hydrogen-bond acceptors (Lipinski definition) is 7. The van der Waals surface area contributed by atoms with Crippen LogP contribution in [0.25, 0.3) is 6.08 Å². The molecule has 0 aliphatic carbocycles. The number of benzene rings is 4. The topological polar surface area (TPSA) is 130 Å². The van der Waals surface area contributed by atoms with Crippen LogP contribution in [0.2, 0.25) is 0 Å². The summed E-state index contributed by atoms with van der Waals surface area (Å²) in [4.78, 5) is 51.6.